The molecule has 11 heteroatoms. The molecule has 0 aliphatic rings. The first kappa shape index (κ1) is 31.3. The summed E-state index contributed by atoms with van der Waals surface area (Å²) in [6.45, 7) is 3.14. The van der Waals surface area contributed by atoms with Crippen molar-refractivity contribution in [3.63, 3.8) is 0 Å². The van der Waals surface area contributed by atoms with E-state index in [2.05, 4.69) is 5.32 Å². The number of methoxy groups -OCH3 is 3. The fraction of sp³-hybridized carbons (Fsp3) is 0.333. The second-order valence-corrected chi connectivity index (χ2v) is 11.1. The number of nitrogens with one attached hydrogen (secondary N) is 1. The molecule has 0 spiro atoms. The van der Waals surface area contributed by atoms with E-state index in [1.807, 2.05) is 13.0 Å². The van der Waals surface area contributed by atoms with Crippen LogP contribution in [0.1, 0.15) is 24.5 Å². The van der Waals surface area contributed by atoms with E-state index >= 15 is 0 Å². The number of nitrogens with zero attached hydrogens (tertiary/aromatic N) is 2. The number of carbonyl (C=O) groups is 2. The van der Waals surface area contributed by atoms with Gasteiger partial charge in [0.15, 0.2) is 11.5 Å². The van der Waals surface area contributed by atoms with Crippen LogP contribution in [-0.4, -0.2) is 66.1 Å². The molecule has 0 aliphatic carbocycles. The molecule has 1 atom stereocenters. The first-order chi connectivity index (χ1) is 19.6. The van der Waals surface area contributed by atoms with E-state index in [1.54, 1.807) is 56.5 Å². The van der Waals surface area contributed by atoms with Crippen molar-refractivity contribution in [2.24, 2.45) is 0 Å². The molecule has 1 N–H and O–H groups in total. The molecule has 0 saturated heterocycles. The summed E-state index contributed by atoms with van der Waals surface area (Å²) >= 11 is 0. The zero-order chi connectivity index (χ0) is 30.2. The van der Waals surface area contributed by atoms with Crippen LogP contribution >= 0.6 is 0 Å². The summed E-state index contributed by atoms with van der Waals surface area (Å²) in [7, 11) is 1.74. The lowest BCUT2D eigenvalue weighted by molar-refractivity contribution is -0.140. The number of hydrogen-bond donors (Lipinski definition) is 1. The molecule has 0 bridgehead atoms. The van der Waals surface area contributed by atoms with E-state index < -0.39 is 28.5 Å². The molecule has 3 aromatic rings. The number of benzene rings is 3. The van der Waals surface area contributed by atoms with Gasteiger partial charge in [0.2, 0.25) is 11.8 Å². The fourth-order valence-electron chi connectivity index (χ4n) is 4.40. The van der Waals surface area contributed by atoms with Crippen LogP contribution in [-0.2, 0) is 26.2 Å². The van der Waals surface area contributed by atoms with Gasteiger partial charge in [-0.05, 0) is 55.3 Å². The number of anilines is 1. The number of sulfonamides is 1. The Morgan fingerprint density at radius 2 is 1.59 bits per heavy atom. The standard InChI is InChI=1S/C30H37N3O7S/c1-7-26(30(35)31-3)32(19-22-9-8-10-24(17-22)38-4)29(34)20-33(23-13-16-27(39-5)28(18-23)40-6)41(36,37)25-14-11-21(2)12-15-25/h8-18,26H,7,19-20H2,1-6H3,(H,31,35)/t26-/m1/s1. The van der Waals surface area contributed by atoms with Gasteiger partial charge in [0, 0.05) is 19.7 Å². The molecular weight excluding hydrogens is 546 g/mol. The SMILES string of the molecule is CC[C@H](C(=O)NC)N(Cc1cccc(OC)c1)C(=O)CN(c1ccc(OC)c(OC)c1)S(=O)(=O)c1ccc(C)cc1. The Hall–Kier alpha value is -4.25. The molecular formula is C30H37N3O7S. The maximum absolute atomic E-state index is 14.1. The van der Waals surface area contributed by atoms with Crippen molar-refractivity contribution in [3.8, 4) is 17.2 Å². The van der Waals surface area contributed by atoms with Crippen LogP contribution in [0.3, 0.4) is 0 Å². The summed E-state index contributed by atoms with van der Waals surface area (Å²) in [6.07, 6.45) is 0.316. The maximum atomic E-state index is 14.1. The average molecular weight is 584 g/mol. The Labute approximate surface area is 241 Å². The summed E-state index contributed by atoms with van der Waals surface area (Å²) in [5.74, 6) is 0.375. The predicted molar refractivity (Wildman–Crippen MR) is 157 cm³/mol. The number of amides is 2. The zero-order valence-corrected chi connectivity index (χ0v) is 25.0. The zero-order valence-electron chi connectivity index (χ0n) is 24.2. The summed E-state index contributed by atoms with van der Waals surface area (Å²) in [5.41, 5.74) is 1.81. The lowest BCUT2D eigenvalue weighted by atomic mass is 10.1. The van der Waals surface area contributed by atoms with Crippen LogP contribution in [0.4, 0.5) is 5.69 Å². The van der Waals surface area contributed by atoms with Gasteiger partial charge in [0.25, 0.3) is 10.0 Å². The van der Waals surface area contributed by atoms with Crippen molar-refractivity contribution in [1.29, 1.82) is 0 Å². The number of hydrogen-bond acceptors (Lipinski definition) is 7. The molecule has 10 nitrogen and oxygen atoms in total. The third kappa shape index (κ3) is 7.29. The van der Waals surface area contributed by atoms with E-state index in [-0.39, 0.29) is 23.0 Å². The van der Waals surface area contributed by atoms with Crippen molar-refractivity contribution in [2.45, 2.75) is 37.8 Å². The predicted octanol–water partition coefficient (Wildman–Crippen LogP) is 3.77. The molecule has 3 aromatic carbocycles. The third-order valence-corrected chi connectivity index (χ3v) is 8.45. The molecule has 41 heavy (non-hydrogen) atoms. The Bertz CT molecular complexity index is 1460. The van der Waals surface area contributed by atoms with Crippen LogP contribution in [0.15, 0.2) is 71.6 Å². The van der Waals surface area contributed by atoms with Crippen LogP contribution in [0.5, 0.6) is 17.2 Å². The lowest BCUT2D eigenvalue weighted by Gasteiger charge is -2.33. The Kier molecular flexibility index (Phi) is 10.6. The highest BCUT2D eigenvalue weighted by molar-refractivity contribution is 7.92. The van der Waals surface area contributed by atoms with Gasteiger partial charge in [-0.25, -0.2) is 8.42 Å². The summed E-state index contributed by atoms with van der Waals surface area (Å²) in [6, 6.07) is 17.3. The Balaban J connectivity index is 2.12. The number of ether oxygens (including phenoxy) is 3. The molecule has 0 fully saturated rings. The van der Waals surface area contributed by atoms with Crippen molar-refractivity contribution in [3.05, 3.63) is 77.9 Å². The van der Waals surface area contributed by atoms with E-state index in [0.717, 1.165) is 15.4 Å². The Morgan fingerprint density at radius 3 is 2.17 bits per heavy atom. The molecule has 0 saturated carbocycles. The van der Waals surface area contributed by atoms with Gasteiger partial charge in [-0.2, -0.15) is 0 Å². The first-order valence-electron chi connectivity index (χ1n) is 13.0. The van der Waals surface area contributed by atoms with Crippen molar-refractivity contribution < 1.29 is 32.2 Å². The largest absolute Gasteiger partial charge is 0.497 e. The van der Waals surface area contributed by atoms with Gasteiger partial charge in [-0.3, -0.25) is 13.9 Å². The molecule has 0 unspecified atom stereocenters. The summed E-state index contributed by atoms with van der Waals surface area (Å²) in [4.78, 5) is 28.4. The van der Waals surface area contributed by atoms with Crippen molar-refractivity contribution in [2.75, 3.05) is 39.2 Å². The molecule has 0 radical (unpaired) electrons. The minimum absolute atomic E-state index is 0.0170. The van der Waals surface area contributed by atoms with Crippen LogP contribution in [0, 0.1) is 6.92 Å². The number of likely N-dealkylation sites (N-methyl/N-ethyl adjacent to an activating group) is 1. The average Bonchev–Trinajstić information content (AvgIpc) is 2.99. The molecule has 3 rings (SSSR count). The van der Waals surface area contributed by atoms with E-state index in [4.69, 9.17) is 14.2 Å². The summed E-state index contributed by atoms with van der Waals surface area (Å²) in [5, 5.41) is 2.61. The molecule has 0 aliphatic heterocycles. The third-order valence-electron chi connectivity index (χ3n) is 6.66. The monoisotopic (exact) mass is 583 g/mol. The quantitative estimate of drug-likeness (QED) is 0.326. The van der Waals surface area contributed by atoms with Gasteiger partial charge in [-0.1, -0.05) is 36.8 Å². The summed E-state index contributed by atoms with van der Waals surface area (Å²) < 4.78 is 45.1. The highest BCUT2D eigenvalue weighted by Gasteiger charge is 2.33. The lowest BCUT2D eigenvalue weighted by Crippen LogP contribution is -2.51. The molecule has 2 amide bonds. The Morgan fingerprint density at radius 1 is 0.902 bits per heavy atom. The number of rotatable bonds is 13. The van der Waals surface area contributed by atoms with Crippen molar-refractivity contribution in [1.82, 2.24) is 10.2 Å². The molecule has 220 valence electrons. The minimum atomic E-state index is -4.22. The fourth-order valence-corrected chi connectivity index (χ4v) is 5.81. The van der Waals surface area contributed by atoms with E-state index in [9.17, 15) is 18.0 Å². The smallest absolute Gasteiger partial charge is 0.264 e. The topological polar surface area (TPSA) is 114 Å². The van der Waals surface area contributed by atoms with Gasteiger partial charge in [-0.15, -0.1) is 0 Å². The normalized spacial score (nSPS) is 11.8. The second kappa shape index (κ2) is 13.9. The highest BCUT2D eigenvalue weighted by Crippen LogP contribution is 2.34. The van der Waals surface area contributed by atoms with Gasteiger partial charge >= 0.3 is 0 Å². The van der Waals surface area contributed by atoms with Gasteiger partial charge < -0.3 is 24.4 Å². The first-order valence-corrected chi connectivity index (χ1v) is 14.5. The molecule has 0 aromatic heterocycles. The number of aryl methyl sites for hydroxylation is 1. The highest BCUT2D eigenvalue weighted by atomic mass is 32.2. The van der Waals surface area contributed by atoms with Crippen LogP contribution in [0.2, 0.25) is 0 Å². The van der Waals surface area contributed by atoms with Gasteiger partial charge in [0.1, 0.15) is 18.3 Å². The molecule has 0 heterocycles. The number of carbonyl (C=O) groups excluding carboxylic acids is 2. The van der Waals surface area contributed by atoms with Crippen LogP contribution < -0.4 is 23.8 Å². The van der Waals surface area contributed by atoms with E-state index in [1.165, 1.54) is 44.4 Å². The van der Waals surface area contributed by atoms with Gasteiger partial charge in [0.05, 0.1) is 31.9 Å². The maximum Gasteiger partial charge on any atom is 0.264 e. The second-order valence-electron chi connectivity index (χ2n) is 9.28. The van der Waals surface area contributed by atoms with E-state index in [0.29, 0.717) is 23.7 Å². The minimum Gasteiger partial charge on any atom is -0.497 e. The van der Waals surface area contributed by atoms with Crippen molar-refractivity contribution >= 4 is 27.5 Å². The van der Waals surface area contributed by atoms with Crippen LogP contribution in [0.25, 0.3) is 0 Å².